The SMILES string of the molecule is O=C(NCc1cccc(C(F)(F)F)c1)c1cccc2cccnc12. The van der Waals surface area contributed by atoms with Gasteiger partial charge in [0.25, 0.3) is 5.91 Å². The minimum absolute atomic E-state index is 0.00593. The molecule has 3 nitrogen and oxygen atoms in total. The Labute approximate surface area is 136 Å². The van der Waals surface area contributed by atoms with Crippen molar-refractivity contribution in [3.8, 4) is 0 Å². The average molecular weight is 330 g/mol. The van der Waals surface area contributed by atoms with E-state index in [4.69, 9.17) is 0 Å². The molecule has 0 aliphatic rings. The number of amides is 1. The van der Waals surface area contributed by atoms with Crippen molar-refractivity contribution in [3.05, 3.63) is 77.5 Å². The van der Waals surface area contributed by atoms with Gasteiger partial charge in [0.1, 0.15) is 0 Å². The molecule has 24 heavy (non-hydrogen) atoms. The Morgan fingerprint density at radius 2 is 1.79 bits per heavy atom. The topological polar surface area (TPSA) is 42.0 Å². The largest absolute Gasteiger partial charge is 0.416 e. The van der Waals surface area contributed by atoms with Gasteiger partial charge in [-0.3, -0.25) is 9.78 Å². The lowest BCUT2D eigenvalue weighted by Crippen LogP contribution is -2.23. The van der Waals surface area contributed by atoms with E-state index in [1.807, 2.05) is 12.1 Å². The molecule has 1 N–H and O–H groups in total. The lowest BCUT2D eigenvalue weighted by Gasteiger charge is -2.10. The van der Waals surface area contributed by atoms with E-state index in [1.54, 1.807) is 24.4 Å². The van der Waals surface area contributed by atoms with Gasteiger partial charge in [0, 0.05) is 18.1 Å². The van der Waals surface area contributed by atoms with Crippen LogP contribution in [0.1, 0.15) is 21.5 Å². The summed E-state index contributed by atoms with van der Waals surface area (Å²) < 4.78 is 38.1. The molecule has 3 aromatic rings. The second-order valence-electron chi connectivity index (χ2n) is 5.26. The first kappa shape index (κ1) is 16.0. The van der Waals surface area contributed by atoms with Gasteiger partial charge in [0.05, 0.1) is 16.6 Å². The Morgan fingerprint density at radius 3 is 2.58 bits per heavy atom. The first-order chi connectivity index (χ1) is 11.4. The Balaban J connectivity index is 1.78. The van der Waals surface area contributed by atoms with E-state index in [9.17, 15) is 18.0 Å². The van der Waals surface area contributed by atoms with Gasteiger partial charge < -0.3 is 5.32 Å². The van der Waals surface area contributed by atoms with Crippen LogP contribution in [0.4, 0.5) is 13.2 Å². The van der Waals surface area contributed by atoms with Crippen LogP contribution in [0.3, 0.4) is 0 Å². The molecule has 0 aliphatic carbocycles. The van der Waals surface area contributed by atoms with Crippen LogP contribution in [0.2, 0.25) is 0 Å². The van der Waals surface area contributed by atoms with Crippen molar-refractivity contribution in [2.24, 2.45) is 0 Å². The maximum absolute atomic E-state index is 12.7. The number of rotatable bonds is 3. The molecule has 6 heteroatoms. The summed E-state index contributed by atoms with van der Waals surface area (Å²) in [5, 5.41) is 3.46. The van der Waals surface area contributed by atoms with Crippen LogP contribution < -0.4 is 5.32 Å². The maximum atomic E-state index is 12.7. The predicted octanol–water partition coefficient (Wildman–Crippen LogP) is 4.18. The minimum atomic E-state index is -4.40. The standard InChI is InChI=1S/C18H13F3N2O/c19-18(20,21)14-7-1-4-12(10-14)11-23-17(24)15-8-2-5-13-6-3-9-22-16(13)15/h1-10H,11H2,(H,23,24). The molecule has 0 saturated heterocycles. The van der Waals surface area contributed by atoms with Crippen molar-refractivity contribution in [2.45, 2.75) is 12.7 Å². The van der Waals surface area contributed by atoms with E-state index in [2.05, 4.69) is 10.3 Å². The van der Waals surface area contributed by atoms with Crippen molar-refractivity contribution in [3.63, 3.8) is 0 Å². The van der Waals surface area contributed by atoms with Gasteiger partial charge in [0.15, 0.2) is 0 Å². The van der Waals surface area contributed by atoms with E-state index < -0.39 is 11.7 Å². The molecule has 0 fully saturated rings. The number of benzene rings is 2. The number of fused-ring (bicyclic) bond motifs is 1. The molecule has 0 radical (unpaired) electrons. The summed E-state index contributed by atoms with van der Waals surface area (Å²) in [4.78, 5) is 16.5. The molecular weight excluding hydrogens is 317 g/mol. The third-order valence-corrected chi connectivity index (χ3v) is 3.58. The average Bonchev–Trinajstić information content (AvgIpc) is 2.58. The maximum Gasteiger partial charge on any atom is 0.416 e. The number of alkyl halides is 3. The Bertz CT molecular complexity index is 885. The van der Waals surface area contributed by atoms with Crippen molar-refractivity contribution >= 4 is 16.8 Å². The second kappa shape index (κ2) is 6.31. The number of para-hydroxylation sites is 1. The van der Waals surface area contributed by atoms with Crippen LogP contribution in [0, 0.1) is 0 Å². The molecular formula is C18H13F3N2O. The number of nitrogens with zero attached hydrogens (tertiary/aromatic N) is 1. The fourth-order valence-electron chi connectivity index (χ4n) is 2.42. The summed E-state index contributed by atoms with van der Waals surface area (Å²) >= 11 is 0. The molecule has 1 heterocycles. The molecule has 1 aromatic heterocycles. The molecule has 0 atom stereocenters. The normalized spacial score (nSPS) is 11.5. The molecule has 122 valence electrons. The smallest absolute Gasteiger partial charge is 0.348 e. The minimum Gasteiger partial charge on any atom is -0.348 e. The zero-order valence-electron chi connectivity index (χ0n) is 12.5. The van der Waals surface area contributed by atoms with Gasteiger partial charge in [-0.1, -0.05) is 30.3 Å². The van der Waals surface area contributed by atoms with Crippen LogP contribution in [0.5, 0.6) is 0 Å². The van der Waals surface area contributed by atoms with Gasteiger partial charge in [0.2, 0.25) is 0 Å². The summed E-state index contributed by atoms with van der Waals surface area (Å²) in [6, 6.07) is 13.7. The van der Waals surface area contributed by atoms with Gasteiger partial charge in [-0.05, 0) is 29.8 Å². The van der Waals surface area contributed by atoms with Crippen LogP contribution >= 0.6 is 0 Å². The highest BCUT2D eigenvalue weighted by atomic mass is 19.4. The van der Waals surface area contributed by atoms with Gasteiger partial charge in [-0.25, -0.2) is 0 Å². The van der Waals surface area contributed by atoms with E-state index in [0.29, 0.717) is 16.6 Å². The number of aromatic nitrogens is 1. The van der Waals surface area contributed by atoms with Gasteiger partial charge >= 0.3 is 6.18 Å². The number of hydrogen-bond donors (Lipinski definition) is 1. The Hall–Kier alpha value is -2.89. The van der Waals surface area contributed by atoms with Crippen molar-refractivity contribution in [1.82, 2.24) is 10.3 Å². The first-order valence-electron chi connectivity index (χ1n) is 7.23. The summed E-state index contributed by atoms with van der Waals surface area (Å²) in [7, 11) is 0. The van der Waals surface area contributed by atoms with Gasteiger partial charge in [-0.15, -0.1) is 0 Å². The van der Waals surface area contributed by atoms with Crippen LogP contribution in [-0.2, 0) is 12.7 Å². The van der Waals surface area contributed by atoms with Crippen LogP contribution in [-0.4, -0.2) is 10.9 Å². The zero-order chi connectivity index (χ0) is 17.2. The summed E-state index contributed by atoms with van der Waals surface area (Å²) in [6.07, 6.45) is -2.81. The van der Waals surface area contributed by atoms with Crippen molar-refractivity contribution in [2.75, 3.05) is 0 Å². The van der Waals surface area contributed by atoms with Gasteiger partial charge in [-0.2, -0.15) is 13.2 Å². The summed E-state index contributed by atoms with van der Waals surface area (Å²) in [5.41, 5.74) is 0.592. The highest BCUT2D eigenvalue weighted by molar-refractivity contribution is 6.05. The lowest BCUT2D eigenvalue weighted by molar-refractivity contribution is -0.137. The number of nitrogens with one attached hydrogen (secondary N) is 1. The van der Waals surface area contributed by atoms with Crippen LogP contribution in [0.25, 0.3) is 10.9 Å². The third kappa shape index (κ3) is 3.37. The fourth-order valence-corrected chi connectivity index (χ4v) is 2.42. The third-order valence-electron chi connectivity index (χ3n) is 3.58. The quantitative estimate of drug-likeness (QED) is 0.783. The summed E-state index contributed by atoms with van der Waals surface area (Å²) in [6.45, 7) is 0.00593. The van der Waals surface area contributed by atoms with E-state index in [1.165, 1.54) is 12.1 Å². The zero-order valence-corrected chi connectivity index (χ0v) is 12.5. The second-order valence-corrected chi connectivity index (χ2v) is 5.26. The number of pyridine rings is 1. The monoisotopic (exact) mass is 330 g/mol. The van der Waals surface area contributed by atoms with Crippen molar-refractivity contribution < 1.29 is 18.0 Å². The first-order valence-corrected chi connectivity index (χ1v) is 7.23. The molecule has 0 saturated carbocycles. The molecule has 0 spiro atoms. The number of carbonyl (C=O) groups is 1. The number of halogens is 3. The lowest BCUT2D eigenvalue weighted by atomic mass is 10.1. The number of hydrogen-bond acceptors (Lipinski definition) is 2. The predicted molar refractivity (Wildman–Crippen MR) is 84.4 cm³/mol. The van der Waals surface area contributed by atoms with E-state index >= 15 is 0 Å². The molecule has 0 bridgehead atoms. The van der Waals surface area contributed by atoms with Crippen molar-refractivity contribution in [1.29, 1.82) is 0 Å². The molecule has 2 aromatic carbocycles. The van der Waals surface area contributed by atoms with Crippen LogP contribution in [0.15, 0.2) is 60.8 Å². The number of carbonyl (C=O) groups excluding carboxylic acids is 1. The highest BCUT2D eigenvalue weighted by Gasteiger charge is 2.30. The van der Waals surface area contributed by atoms with E-state index in [-0.39, 0.29) is 12.5 Å². The van der Waals surface area contributed by atoms with E-state index in [0.717, 1.165) is 17.5 Å². The summed E-state index contributed by atoms with van der Waals surface area (Å²) in [5.74, 6) is -0.378. The Morgan fingerprint density at radius 1 is 1.04 bits per heavy atom. The molecule has 0 aliphatic heterocycles. The molecule has 0 unspecified atom stereocenters. The Kier molecular flexibility index (Phi) is 4.20. The highest BCUT2D eigenvalue weighted by Crippen LogP contribution is 2.29. The fraction of sp³-hybridized carbons (Fsp3) is 0.111. The molecule has 1 amide bonds. The molecule has 3 rings (SSSR count).